The van der Waals surface area contributed by atoms with Crippen LogP contribution in [-0.4, -0.2) is 244 Å². The van der Waals surface area contributed by atoms with Gasteiger partial charge in [-0.1, -0.05) is 100 Å². The Morgan fingerprint density at radius 3 is 1.05 bits per heavy atom. The van der Waals surface area contributed by atoms with Crippen LogP contribution < -0.4 is 21.3 Å². The number of carbonyl (C=O) groups excluding carboxylic acids is 19. The first kappa shape index (κ1) is 112. The van der Waals surface area contributed by atoms with Crippen LogP contribution in [0.3, 0.4) is 0 Å². The minimum Gasteiger partial charge on any atom is -0.444 e. The average molecular weight is 1990 g/mol. The molecule has 0 aromatic heterocycles. The zero-order valence-corrected chi connectivity index (χ0v) is 82.7. The van der Waals surface area contributed by atoms with Crippen LogP contribution in [0, 0.1) is 24.2 Å². The molecule has 0 saturated carbocycles. The summed E-state index contributed by atoms with van der Waals surface area (Å²) < 4.78 is 34.3. The lowest BCUT2D eigenvalue weighted by atomic mass is 9.97. The van der Waals surface area contributed by atoms with E-state index < -0.39 is 124 Å². The van der Waals surface area contributed by atoms with Gasteiger partial charge in [0.05, 0.1) is 44.5 Å². The molecule has 37 heteroatoms. The van der Waals surface area contributed by atoms with Crippen molar-refractivity contribution < 1.29 is 115 Å². The van der Waals surface area contributed by atoms with E-state index in [4.69, 9.17) is 30.1 Å². The van der Waals surface area contributed by atoms with Crippen LogP contribution >= 0.6 is 28.3 Å². The summed E-state index contributed by atoms with van der Waals surface area (Å²) in [5, 5.41) is 8.77. The van der Waals surface area contributed by atoms with E-state index in [0.717, 1.165) is 121 Å². The molecule has 9 heterocycles. The molecule has 4 N–H and O–H groups in total. The van der Waals surface area contributed by atoms with Gasteiger partial charge in [-0.2, -0.15) is 0 Å². The van der Waals surface area contributed by atoms with Crippen LogP contribution in [0.2, 0.25) is 0 Å². The number of piperidine rings is 4. The number of hydrogen-bond acceptors (Lipinski definition) is 23. The number of fused-ring (bicyclic) bond motifs is 4. The SMILES string of the molecule is C#CCCCCN(C)C(=O)OC(C)(C)C.C1CCOC1.CCCCCCCCc1cccc2c1C(=O)N(C1CCC(=O)NC1=O)C2=O.CN(CCCCC#Cc1cccc2c1C(=O)N(C1CCC(=O)NC1=O)C2=O)C(=O)OC(C)(C)C.CN(CCCCCCc1cccc2c1C(=O)N(C1CCC(=O)NC1=O)C2=O)C(=O)OC(C)(C)C.Cl.O=C1CCC(N2C(=O)c3cccc(Br)c3C2=O)C(=O)N1.[3H]F. The van der Waals surface area contributed by atoms with Gasteiger partial charge >= 0.3 is 18.3 Å². The molecule has 34 nitrogen and oxygen atoms in total. The molecular formula is C100H128BrClFN11O23. The molecule has 19 amide bonds. The maximum absolute atomic E-state index is 13.1. The smallest absolute Gasteiger partial charge is 0.410 e. The van der Waals surface area contributed by atoms with Crippen LogP contribution in [0.25, 0.3) is 0 Å². The van der Waals surface area contributed by atoms with Crippen LogP contribution in [-0.2, 0) is 70.1 Å². The summed E-state index contributed by atoms with van der Waals surface area (Å²) in [6.45, 7) is 22.5. The fourth-order valence-corrected chi connectivity index (χ4v) is 16.4. The summed E-state index contributed by atoms with van der Waals surface area (Å²) in [6.07, 6.45) is 24.2. The van der Waals surface area contributed by atoms with Crippen LogP contribution in [0.5, 0.6) is 0 Å². The zero-order valence-electron chi connectivity index (χ0n) is 81.3. The Kier molecular flexibility index (Phi) is 43.0. The second-order valence-electron chi connectivity index (χ2n) is 37.0. The van der Waals surface area contributed by atoms with E-state index in [0.29, 0.717) is 64.8 Å². The Labute approximate surface area is 815 Å². The molecule has 13 rings (SSSR count). The van der Waals surface area contributed by atoms with E-state index in [1.54, 1.807) is 91.6 Å². The average Bonchev–Trinajstić information content (AvgIpc) is 1.62. The van der Waals surface area contributed by atoms with Crippen molar-refractivity contribution in [3.8, 4) is 24.2 Å². The molecule has 9 aliphatic rings. The Morgan fingerprint density at radius 1 is 0.423 bits per heavy atom. The van der Waals surface area contributed by atoms with E-state index >= 15 is 0 Å². The first-order valence-corrected chi connectivity index (χ1v) is 47.0. The lowest BCUT2D eigenvalue weighted by molar-refractivity contribution is -0.137. The number of imide groups is 8. The van der Waals surface area contributed by atoms with Gasteiger partial charge in [0.25, 0.3) is 48.7 Å². The van der Waals surface area contributed by atoms with Crippen molar-refractivity contribution in [2.24, 2.45) is 0 Å². The molecule has 742 valence electrons. The topological polar surface area (TPSA) is 432 Å². The van der Waals surface area contributed by atoms with Gasteiger partial charge in [-0.05, 0) is 222 Å². The summed E-state index contributed by atoms with van der Waals surface area (Å²) in [7, 11) is 5.14. The lowest BCUT2D eigenvalue weighted by Crippen LogP contribution is -2.54. The van der Waals surface area contributed by atoms with Crippen LogP contribution in [0.1, 0.15) is 336 Å². The number of halogens is 3. The molecule has 4 unspecified atom stereocenters. The first-order chi connectivity index (χ1) is 64.9. The summed E-state index contributed by atoms with van der Waals surface area (Å²) in [5.41, 5.74) is 3.01. The Bertz CT molecular complexity index is 5290. The maximum atomic E-state index is 13.1. The third-order valence-corrected chi connectivity index (χ3v) is 23.4. The predicted octanol–water partition coefficient (Wildman–Crippen LogP) is 13.4. The van der Waals surface area contributed by atoms with Crippen molar-refractivity contribution >= 4 is 141 Å². The number of unbranched alkanes of at least 4 members (excludes halogenated alkanes) is 12. The van der Waals surface area contributed by atoms with E-state index in [1.807, 2.05) is 74.4 Å². The molecule has 0 radical (unpaired) electrons. The maximum Gasteiger partial charge on any atom is 0.410 e. The first-order valence-electron chi connectivity index (χ1n) is 46.6. The van der Waals surface area contributed by atoms with Crippen LogP contribution in [0.4, 0.5) is 19.1 Å². The van der Waals surface area contributed by atoms with E-state index in [-0.39, 0.29) is 116 Å². The highest BCUT2D eigenvalue weighted by Crippen LogP contribution is 2.37. The molecule has 4 aromatic carbocycles. The van der Waals surface area contributed by atoms with Gasteiger partial charge in [-0.25, -0.2) is 14.4 Å². The number of terminal acetylenes is 1. The van der Waals surface area contributed by atoms with Gasteiger partial charge in [0, 0.05) is 103 Å². The van der Waals surface area contributed by atoms with Crippen molar-refractivity contribution in [1.82, 2.24) is 55.6 Å². The molecule has 0 bridgehead atoms. The third-order valence-electron chi connectivity index (χ3n) is 22.8. The number of aryl methyl sites for hydroxylation is 2. The standard InChI is InChI=1S/C25H33N3O6.C25H29N3O6.C21H26N2O4.C13H9BrN2O4.C12H21NO2.C4H8O.ClH.FH/c2*1-25(2,3)34-24(33)27(4)15-8-6-5-7-10-16-11-9-12-17-20(16)23(32)28(22(17)31)18-13-14-19(29)26-21(18)30;1-2-3-4-5-6-7-9-14-10-8-11-15-18(14)21(27)23(20(15)26)16-12-13-17(24)22-19(16)25;14-7-3-1-2-6-10(7)13(20)16(12(6)19)8-4-5-9(17)15-11(8)18;1-6-7-8-9-10-13(5)11(14)15-12(2,3)4;1-2-4-5-3-1;;/h9,11-12,18H,5-8,10,13-15H2,1-4H3,(H,26,29,30);9,11-12,18H,5-6,8,13-15H2,1-4H3,(H,26,29,30);8,10-11,16H,2-7,9,12-13H2,1H3,(H,22,24,25);1-3,8H,4-5H2,(H,15,17,18);1H,7-10H2,2-5H3;1-4H2;2*1H/i/hT. The minimum atomic E-state index is -1.01. The number of carbonyl (C=O) groups is 19. The molecule has 4 atom stereocenters. The fraction of sp³-hybridized carbons (Fsp3) is 0.530. The Balaban J connectivity index is 0.000000265. The number of amides is 19. The highest BCUT2D eigenvalue weighted by atomic mass is 79.9. The van der Waals surface area contributed by atoms with Gasteiger partial charge in [0.1, 0.15) is 41.0 Å². The normalized spacial score (nSPS) is 18.0. The van der Waals surface area contributed by atoms with E-state index in [2.05, 4.69) is 63.3 Å². The summed E-state index contributed by atoms with van der Waals surface area (Å²) >= 11 is 3.24. The van der Waals surface area contributed by atoms with Crippen molar-refractivity contribution in [2.45, 2.75) is 290 Å². The van der Waals surface area contributed by atoms with Crippen molar-refractivity contribution in [2.75, 3.05) is 54.0 Å². The monoisotopic (exact) mass is 1990 g/mol. The Hall–Kier alpha value is -12.4. The fourth-order valence-electron chi connectivity index (χ4n) is 15.9. The molecule has 137 heavy (non-hydrogen) atoms. The van der Waals surface area contributed by atoms with Gasteiger partial charge in [-0.15, -0.1) is 24.8 Å². The molecule has 5 saturated heterocycles. The van der Waals surface area contributed by atoms with Gasteiger partial charge < -0.3 is 33.6 Å². The van der Waals surface area contributed by atoms with Gasteiger partial charge in [0.15, 0.2) is 0 Å². The number of ether oxygens (including phenoxy) is 4. The highest BCUT2D eigenvalue weighted by Gasteiger charge is 2.50. The summed E-state index contributed by atoms with van der Waals surface area (Å²) in [6, 6.07) is 16.5. The van der Waals surface area contributed by atoms with Crippen molar-refractivity contribution in [3.05, 3.63) is 138 Å². The largest absolute Gasteiger partial charge is 0.444 e. The number of rotatable bonds is 26. The minimum absolute atomic E-state index is 0. The zero-order chi connectivity index (χ0) is 101. The second-order valence-corrected chi connectivity index (χ2v) is 37.8. The number of nitrogens with zero attached hydrogens (tertiary/aromatic N) is 7. The van der Waals surface area contributed by atoms with E-state index in [1.165, 1.54) is 43.4 Å². The van der Waals surface area contributed by atoms with Gasteiger partial charge in [0.2, 0.25) is 47.3 Å². The summed E-state index contributed by atoms with van der Waals surface area (Å²) in [5.74, 6) is 0.656. The molecule has 0 aliphatic carbocycles. The van der Waals surface area contributed by atoms with E-state index in [9.17, 15) is 91.1 Å². The van der Waals surface area contributed by atoms with Crippen molar-refractivity contribution in [3.63, 3.8) is 0 Å². The third kappa shape index (κ3) is 31.8. The molecular weight excluding hydrogens is 1860 g/mol. The van der Waals surface area contributed by atoms with Crippen molar-refractivity contribution in [1.29, 1.82) is 1.45 Å². The molecule has 9 aliphatic heterocycles. The van der Waals surface area contributed by atoms with Gasteiger partial charge in [-0.3, -0.25) is 122 Å². The molecule has 4 aromatic rings. The highest BCUT2D eigenvalue weighted by molar-refractivity contribution is 9.10. The number of hydrogen-bond donors (Lipinski definition) is 4. The second kappa shape index (κ2) is 52.8. The predicted molar refractivity (Wildman–Crippen MR) is 509 cm³/mol. The van der Waals surface area contributed by atoms with Crippen LogP contribution in [0.15, 0.2) is 77.3 Å². The molecule has 5 fully saturated rings. The quantitative estimate of drug-likeness (QED) is 0.0196. The number of benzene rings is 4. The number of nitrogens with one attached hydrogen (secondary N) is 4. The lowest BCUT2D eigenvalue weighted by Gasteiger charge is -2.27. The molecule has 0 spiro atoms. The summed E-state index contributed by atoms with van der Waals surface area (Å²) in [4.78, 5) is 240. The Morgan fingerprint density at radius 2 is 0.723 bits per heavy atom.